The number of aromatic amines is 1. The normalized spacial score (nSPS) is 10.5. The van der Waals surface area contributed by atoms with Gasteiger partial charge in [0.25, 0.3) is 5.56 Å². The van der Waals surface area contributed by atoms with Crippen LogP contribution in [-0.2, 0) is 6.42 Å². The zero-order valence-corrected chi connectivity index (χ0v) is 9.13. The molecule has 0 radical (unpaired) electrons. The number of halogens is 2. The Labute approximate surface area is 96.2 Å². The van der Waals surface area contributed by atoms with Gasteiger partial charge in [-0.15, -0.1) is 0 Å². The zero-order valence-electron chi connectivity index (χ0n) is 9.13. The van der Waals surface area contributed by atoms with E-state index in [2.05, 4.69) is 9.97 Å². The van der Waals surface area contributed by atoms with Crippen LogP contribution in [0, 0.1) is 18.6 Å². The number of benzene rings is 1. The fourth-order valence-electron chi connectivity index (χ4n) is 1.54. The number of hydrogen-bond acceptors (Lipinski definition) is 2. The summed E-state index contributed by atoms with van der Waals surface area (Å²) in [6.45, 7) is 1.40. The van der Waals surface area contributed by atoms with Crippen molar-refractivity contribution >= 4 is 0 Å². The van der Waals surface area contributed by atoms with E-state index in [-0.39, 0.29) is 23.8 Å². The Morgan fingerprint density at radius 1 is 1.29 bits per heavy atom. The van der Waals surface area contributed by atoms with Crippen molar-refractivity contribution in [2.45, 2.75) is 13.3 Å². The summed E-state index contributed by atoms with van der Waals surface area (Å²) in [5, 5.41) is 0. The highest BCUT2D eigenvalue weighted by atomic mass is 19.1. The predicted molar refractivity (Wildman–Crippen MR) is 58.8 cm³/mol. The van der Waals surface area contributed by atoms with Gasteiger partial charge in [-0.3, -0.25) is 4.79 Å². The summed E-state index contributed by atoms with van der Waals surface area (Å²) in [7, 11) is 0. The van der Waals surface area contributed by atoms with E-state index >= 15 is 0 Å². The van der Waals surface area contributed by atoms with E-state index in [1.165, 1.54) is 13.0 Å². The standard InChI is InChI=1S/C12H10F2N2O/c1-7-11(14)12(17)16-10(15-7)6-8-4-2-3-5-9(8)13/h2-5H,6H2,1H3,(H,15,16,17). The van der Waals surface area contributed by atoms with Crippen molar-refractivity contribution in [3.63, 3.8) is 0 Å². The fraction of sp³-hybridized carbons (Fsp3) is 0.167. The molecule has 0 aliphatic rings. The molecule has 0 saturated heterocycles. The summed E-state index contributed by atoms with van der Waals surface area (Å²) in [6.07, 6.45) is 0.128. The van der Waals surface area contributed by atoms with Crippen molar-refractivity contribution in [1.82, 2.24) is 9.97 Å². The summed E-state index contributed by atoms with van der Waals surface area (Å²) >= 11 is 0. The average Bonchev–Trinajstić information content (AvgIpc) is 2.29. The Morgan fingerprint density at radius 3 is 2.65 bits per heavy atom. The van der Waals surface area contributed by atoms with Gasteiger partial charge in [0.1, 0.15) is 11.6 Å². The molecule has 0 bridgehead atoms. The van der Waals surface area contributed by atoms with Gasteiger partial charge in [0.2, 0.25) is 5.82 Å². The first-order valence-electron chi connectivity index (χ1n) is 5.06. The smallest absolute Gasteiger partial charge is 0.287 e. The summed E-state index contributed by atoms with van der Waals surface area (Å²) < 4.78 is 26.4. The lowest BCUT2D eigenvalue weighted by molar-refractivity contribution is 0.580. The quantitative estimate of drug-likeness (QED) is 0.866. The molecule has 1 aromatic heterocycles. The third-order valence-corrected chi connectivity index (χ3v) is 2.39. The summed E-state index contributed by atoms with van der Waals surface area (Å²) in [5.41, 5.74) is -0.411. The van der Waals surface area contributed by atoms with E-state index in [0.717, 1.165) is 0 Å². The van der Waals surface area contributed by atoms with Crippen molar-refractivity contribution in [2.24, 2.45) is 0 Å². The molecule has 0 saturated carbocycles. The number of nitrogens with zero attached hydrogens (tertiary/aromatic N) is 1. The molecular weight excluding hydrogens is 226 g/mol. The first-order chi connectivity index (χ1) is 8.08. The van der Waals surface area contributed by atoms with Crippen LogP contribution in [0.3, 0.4) is 0 Å². The molecule has 0 unspecified atom stereocenters. The fourth-order valence-corrected chi connectivity index (χ4v) is 1.54. The van der Waals surface area contributed by atoms with Crippen LogP contribution in [0.5, 0.6) is 0 Å². The summed E-state index contributed by atoms with van der Waals surface area (Å²) in [5.74, 6) is -1.03. The van der Waals surface area contributed by atoms with Gasteiger partial charge in [0.15, 0.2) is 0 Å². The highest BCUT2D eigenvalue weighted by molar-refractivity contribution is 5.21. The molecule has 0 spiro atoms. The number of aryl methyl sites for hydroxylation is 1. The lowest BCUT2D eigenvalue weighted by Crippen LogP contribution is -2.17. The molecule has 88 valence electrons. The average molecular weight is 236 g/mol. The van der Waals surface area contributed by atoms with E-state index in [9.17, 15) is 13.6 Å². The van der Waals surface area contributed by atoms with Crippen LogP contribution in [0.1, 0.15) is 17.1 Å². The third kappa shape index (κ3) is 2.38. The second kappa shape index (κ2) is 4.45. The molecule has 2 rings (SSSR count). The molecule has 1 heterocycles. The lowest BCUT2D eigenvalue weighted by Gasteiger charge is -2.04. The number of rotatable bonds is 2. The van der Waals surface area contributed by atoms with Gasteiger partial charge in [-0.1, -0.05) is 18.2 Å². The monoisotopic (exact) mass is 236 g/mol. The molecule has 0 aliphatic carbocycles. The van der Waals surface area contributed by atoms with Crippen LogP contribution in [-0.4, -0.2) is 9.97 Å². The summed E-state index contributed by atoms with van der Waals surface area (Å²) in [4.78, 5) is 17.3. The van der Waals surface area contributed by atoms with Crippen LogP contribution in [0.25, 0.3) is 0 Å². The van der Waals surface area contributed by atoms with Gasteiger partial charge in [0, 0.05) is 6.42 Å². The molecule has 1 aromatic carbocycles. The molecule has 0 amide bonds. The van der Waals surface area contributed by atoms with Crippen molar-refractivity contribution in [1.29, 1.82) is 0 Å². The third-order valence-electron chi connectivity index (χ3n) is 2.39. The minimum Gasteiger partial charge on any atom is -0.308 e. The maximum Gasteiger partial charge on any atom is 0.287 e. The predicted octanol–water partition coefficient (Wildman–Crippen LogP) is 1.95. The maximum atomic E-state index is 13.4. The van der Waals surface area contributed by atoms with Crippen LogP contribution in [0.2, 0.25) is 0 Å². The van der Waals surface area contributed by atoms with Crippen molar-refractivity contribution < 1.29 is 8.78 Å². The molecular formula is C12H10F2N2O. The largest absolute Gasteiger partial charge is 0.308 e. The van der Waals surface area contributed by atoms with E-state index in [4.69, 9.17) is 0 Å². The molecule has 0 aliphatic heterocycles. The lowest BCUT2D eigenvalue weighted by atomic mass is 10.1. The Hall–Kier alpha value is -2.04. The second-order valence-electron chi connectivity index (χ2n) is 3.68. The van der Waals surface area contributed by atoms with Crippen LogP contribution in [0.4, 0.5) is 8.78 Å². The molecule has 3 nitrogen and oxygen atoms in total. The summed E-state index contributed by atoms with van der Waals surface area (Å²) in [6, 6.07) is 6.18. The Morgan fingerprint density at radius 2 is 2.00 bits per heavy atom. The number of hydrogen-bond donors (Lipinski definition) is 1. The Balaban J connectivity index is 2.38. The Kier molecular flexibility index (Phi) is 2.99. The van der Waals surface area contributed by atoms with E-state index < -0.39 is 11.4 Å². The van der Waals surface area contributed by atoms with Crippen molar-refractivity contribution in [3.05, 3.63) is 63.3 Å². The number of nitrogens with one attached hydrogen (secondary N) is 1. The van der Waals surface area contributed by atoms with Gasteiger partial charge in [-0.2, -0.15) is 4.39 Å². The van der Waals surface area contributed by atoms with Crippen LogP contribution >= 0.6 is 0 Å². The molecule has 1 N–H and O–H groups in total. The topological polar surface area (TPSA) is 45.8 Å². The first-order valence-corrected chi connectivity index (χ1v) is 5.06. The Bertz CT molecular complexity index is 608. The molecule has 2 aromatic rings. The van der Waals surface area contributed by atoms with Gasteiger partial charge in [-0.25, -0.2) is 9.37 Å². The number of aromatic nitrogens is 2. The minimum atomic E-state index is -0.901. The molecule has 0 fully saturated rings. The van der Waals surface area contributed by atoms with Gasteiger partial charge in [0.05, 0.1) is 5.69 Å². The molecule has 5 heteroatoms. The number of H-pyrrole nitrogens is 1. The zero-order chi connectivity index (χ0) is 12.4. The van der Waals surface area contributed by atoms with Crippen molar-refractivity contribution in [3.8, 4) is 0 Å². The second-order valence-corrected chi connectivity index (χ2v) is 3.68. The maximum absolute atomic E-state index is 13.4. The highest BCUT2D eigenvalue weighted by Crippen LogP contribution is 2.10. The van der Waals surface area contributed by atoms with Crippen LogP contribution < -0.4 is 5.56 Å². The van der Waals surface area contributed by atoms with Crippen molar-refractivity contribution in [2.75, 3.05) is 0 Å². The van der Waals surface area contributed by atoms with Gasteiger partial charge in [-0.05, 0) is 18.6 Å². The van der Waals surface area contributed by atoms with E-state index in [1.807, 2.05) is 0 Å². The van der Waals surface area contributed by atoms with Gasteiger partial charge < -0.3 is 4.98 Å². The minimum absolute atomic E-state index is 0.0140. The van der Waals surface area contributed by atoms with E-state index in [1.54, 1.807) is 18.2 Å². The first kappa shape index (κ1) is 11.4. The van der Waals surface area contributed by atoms with E-state index in [0.29, 0.717) is 5.56 Å². The van der Waals surface area contributed by atoms with Crippen LogP contribution in [0.15, 0.2) is 29.1 Å². The SMILES string of the molecule is Cc1nc(Cc2ccccc2F)[nH]c(=O)c1F. The molecule has 0 atom stereocenters. The molecule has 17 heavy (non-hydrogen) atoms. The van der Waals surface area contributed by atoms with Gasteiger partial charge >= 0.3 is 0 Å². The highest BCUT2D eigenvalue weighted by Gasteiger charge is 2.09.